The largest absolute Gasteiger partial charge is 0.493 e. The molecule has 0 saturated heterocycles. The Morgan fingerprint density at radius 3 is 2.37 bits per heavy atom. The van der Waals surface area contributed by atoms with Crippen molar-refractivity contribution in [3.8, 4) is 22.6 Å². The van der Waals surface area contributed by atoms with Crippen molar-refractivity contribution in [1.82, 2.24) is 0 Å². The zero-order valence-corrected chi connectivity index (χ0v) is 22.7. The van der Waals surface area contributed by atoms with Gasteiger partial charge in [0.1, 0.15) is 23.9 Å². The molecule has 0 aliphatic carbocycles. The monoisotopic (exact) mass is 523 g/mol. The van der Waals surface area contributed by atoms with E-state index in [1.54, 1.807) is 12.1 Å². The summed E-state index contributed by atoms with van der Waals surface area (Å²) in [6.45, 7) is 11.0. The van der Waals surface area contributed by atoms with E-state index in [0.29, 0.717) is 44.2 Å². The molecule has 3 aromatic carbocycles. The molecular weight excluding hydrogens is 485 g/mol. The topological polar surface area (TPSA) is 77.0 Å². The molecule has 3 rings (SSSR count). The molecular formula is C31H38FNO5. The summed E-state index contributed by atoms with van der Waals surface area (Å²) >= 11 is 0. The first kappa shape index (κ1) is 29.0. The average molecular weight is 524 g/mol. The van der Waals surface area contributed by atoms with Crippen LogP contribution in [0.15, 0.2) is 48.5 Å². The van der Waals surface area contributed by atoms with E-state index in [1.165, 1.54) is 6.07 Å². The van der Waals surface area contributed by atoms with Gasteiger partial charge in [0.15, 0.2) is 0 Å². The molecule has 0 aliphatic heterocycles. The highest BCUT2D eigenvalue weighted by Crippen LogP contribution is 2.38. The van der Waals surface area contributed by atoms with Gasteiger partial charge in [-0.05, 0) is 97.8 Å². The Morgan fingerprint density at radius 2 is 1.71 bits per heavy atom. The van der Waals surface area contributed by atoms with E-state index >= 15 is 0 Å². The molecule has 204 valence electrons. The Balaban J connectivity index is 1.82. The fourth-order valence-corrected chi connectivity index (χ4v) is 4.32. The molecule has 3 aromatic rings. The quantitative estimate of drug-likeness (QED) is 0.210. The van der Waals surface area contributed by atoms with Crippen LogP contribution in [0.2, 0.25) is 0 Å². The predicted molar refractivity (Wildman–Crippen MR) is 149 cm³/mol. The summed E-state index contributed by atoms with van der Waals surface area (Å²) in [6.07, 6.45) is 0.971. The molecule has 0 fully saturated rings. The van der Waals surface area contributed by atoms with Gasteiger partial charge >= 0.3 is 5.97 Å². The number of carboxylic acid groups (broad SMARTS) is 1. The fraction of sp³-hybridized carbons (Fsp3) is 0.387. The van der Waals surface area contributed by atoms with Crippen LogP contribution in [0.25, 0.3) is 11.1 Å². The third-order valence-electron chi connectivity index (χ3n) is 6.14. The molecule has 0 spiro atoms. The number of nitrogens with one attached hydrogen (secondary N) is 1. The molecule has 0 saturated carbocycles. The second-order valence-electron chi connectivity index (χ2n) is 9.21. The van der Waals surface area contributed by atoms with E-state index in [0.717, 1.165) is 45.7 Å². The van der Waals surface area contributed by atoms with Crippen LogP contribution in [0, 0.1) is 19.7 Å². The first-order chi connectivity index (χ1) is 18.3. The lowest BCUT2D eigenvalue weighted by Crippen LogP contribution is -2.07. The zero-order chi connectivity index (χ0) is 27.5. The number of aryl methyl sites for hydroxylation is 3. The summed E-state index contributed by atoms with van der Waals surface area (Å²) in [6, 6.07) is 15.0. The van der Waals surface area contributed by atoms with Crippen molar-refractivity contribution >= 4 is 11.7 Å². The summed E-state index contributed by atoms with van der Waals surface area (Å²) < 4.78 is 31.8. The summed E-state index contributed by atoms with van der Waals surface area (Å²) in [7, 11) is 0. The van der Waals surface area contributed by atoms with Crippen LogP contribution in [-0.2, 0) is 22.5 Å². The van der Waals surface area contributed by atoms with Crippen LogP contribution in [0.4, 0.5) is 10.1 Å². The summed E-state index contributed by atoms with van der Waals surface area (Å²) in [5, 5.41) is 12.1. The number of rotatable bonds is 15. The average Bonchev–Trinajstić information content (AvgIpc) is 2.88. The summed E-state index contributed by atoms with van der Waals surface area (Å²) in [5.74, 6) is 0.282. The molecule has 6 nitrogen and oxygen atoms in total. The van der Waals surface area contributed by atoms with Gasteiger partial charge < -0.3 is 24.6 Å². The minimum absolute atomic E-state index is 0.0991. The number of hydrogen-bond acceptors (Lipinski definition) is 5. The van der Waals surface area contributed by atoms with Crippen molar-refractivity contribution in [3.05, 3.63) is 76.6 Å². The van der Waals surface area contributed by atoms with Gasteiger partial charge in [-0.15, -0.1) is 0 Å². The van der Waals surface area contributed by atoms with Crippen molar-refractivity contribution in [2.75, 3.05) is 31.7 Å². The summed E-state index contributed by atoms with van der Waals surface area (Å²) in [4.78, 5) is 10.8. The SMILES string of the molecule is CCCOc1ccc(CNc2ccc(CCC(=O)O)c(F)c2)cc1-c1c(C)cc(OCCOCC)cc1C. The lowest BCUT2D eigenvalue weighted by atomic mass is 9.93. The fourth-order valence-electron chi connectivity index (χ4n) is 4.32. The molecule has 0 unspecified atom stereocenters. The normalized spacial score (nSPS) is 10.9. The van der Waals surface area contributed by atoms with Crippen LogP contribution in [-0.4, -0.2) is 37.5 Å². The van der Waals surface area contributed by atoms with E-state index in [2.05, 4.69) is 32.2 Å². The van der Waals surface area contributed by atoms with Gasteiger partial charge in [-0.3, -0.25) is 4.79 Å². The highest BCUT2D eigenvalue weighted by atomic mass is 19.1. The maximum atomic E-state index is 14.5. The van der Waals surface area contributed by atoms with Gasteiger partial charge in [-0.1, -0.05) is 19.1 Å². The smallest absolute Gasteiger partial charge is 0.303 e. The number of aliphatic carboxylic acids is 1. The molecule has 7 heteroatoms. The highest BCUT2D eigenvalue weighted by molar-refractivity contribution is 5.77. The van der Waals surface area contributed by atoms with Gasteiger partial charge in [0.2, 0.25) is 0 Å². The van der Waals surface area contributed by atoms with E-state index < -0.39 is 11.8 Å². The Kier molecular flexibility index (Phi) is 11.0. The van der Waals surface area contributed by atoms with E-state index in [4.69, 9.17) is 19.3 Å². The van der Waals surface area contributed by atoms with E-state index in [-0.39, 0.29) is 12.8 Å². The van der Waals surface area contributed by atoms with Gasteiger partial charge in [-0.2, -0.15) is 0 Å². The number of hydrogen-bond donors (Lipinski definition) is 2. The molecule has 0 heterocycles. The number of anilines is 1. The lowest BCUT2D eigenvalue weighted by molar-refractivity contribution is -0.136. The minimum atomic E-state index is -0.942. The number of ether oxygens (including phenoxy) is 3. The van der Waals surface area contributed by atoms with Crippen LogP contribution in [0.1, 0.15) is 48.9 Å². The van der Waals surface area contributed by atoms with E-state index in [9.17, 15) is 9.18 Å². The minimum Gasteiger partial charge on any atom is -0.493 e. The first-order valence-electron chi connectivity index (χ1n) is 13.1. The third kappa shape index (κ3) is 8.21. The predicted octanol–water partition coefficient (Wildman–Crippen LogP) is 6.94. The van der Waals surface area contributed by atoms with Crippen LogP contribution in [0.5, 0.6) is 11.5 Å². The Hall–Kier alpha value is -3.58. The maximum Gasteiger partial charge on any atom is 0.303 e. The van der Waals surface area contributed by atoms with Gasteiger partial charge in [0, 0.05) is 30.8 Å². The molecule has 0 bridgehead atoms. The zero-order valence-electron chi connectivity index (χ0n) is 22.7. The van der Waals surface area contributed by atoms with Crippen molar-refractivity contribution in [2.45, 2.75) is 53.5 Å². The van der Waals surface area contributed by atoms with Gasteiger partial charge in [0.25, 0.3) is 0 Å². The number of benzene rings is 3. The van der Waals surface area contributed by atoms with Crippen molar-refractivity contribution in [1.29, 1.82) is 0 Å². The molecule has 0 radical (unpaired) electrons. The Labute approximate surface area is 224 Å². The molecule has 0 amide bonds. The van der Waals surface area contributed by atoms with Gasteiger partial charge in [0.05, 0.1) is 13.2 Å². The van der Waals surface area contributed by atoms with Crippen LogP contribution in [0.3, 0.4) is 0 Å². The van der Waals surface area contributed by atoms with Crippen molar-refractivity contribution in [3.63, 3.8) is 0 Å². The molecule has 38 heavy (non-hydrogen) atoms. The van der Waals surface area contributed by atoms with Crippen molar-refractivity contribution in [2.24, 2.45) is 0 Å². The highest BCUT2D eigenvalue weighted by Gasteiger charge is 2.15. The van der Waals surface area contributed by atoms with Crippen molar-refractivity contribution < 1.29 is 28.5 Å². The standard InChI is InChI=1S/C31H38FNO5/c1-5-13-38-29-11-7-23(20-33-25-10-8-24(28(32)19-25)9-12-30(34)35)18-27(29)31-21(3)16-26(17-22(31)4)37-15-14-36-6-2/h7-8,10-11,16-19,33H,5-6,9,12-15,20H2,1-4H3,(H,34,35). The number of carbonyl (C=O) groups is 1. The molecule has 0 aromatic heterocycles. The molecule has 0 aliphatic rings. The first-order valence-corrected chi connectivity index (χ1v) is 13.1. The molecule has 2 N–H and O–H groups in total. The van der Waals surface area contributed by atoms with Crippen LogP contribution >= 0.6 is 0 Å². The number of halogens is 1. The Morgan fingerprint density at radius 1 is 0.947 bits per heavy atom. The Bertz CT molecular complexity index is 1200. The maximum absolute atomic E-state index is 14.5. The second-order valence-corrected chi connectivity index (χ2v) is 9.21. The lowest BCUT2D eigenvalue weighted by Gasteiger charge is -2.18. The molecule has 0 atom stereocenters. The summed E-state index contributed by atoms with van der Waals surface area (Å²) in [5.41, 5.74) is 6.33. The van der Waals surface area contributed by atoms with Crippen LogP contribution < -0.4 is 14.8 Å². The van der Waals surface area contributed by atoms with Gasteiger partial charge in [-0.25, -0.2) is 4.39 Å². The second kappa shape index (κ2) is 14.4. The number of carboxylic acids is 1. The third-order valence-corrected chi connectivity index (χ3v) is 6.14. The van der Waals surface area contributed by atoms with E-state index in [1.807, 2.05) is 31.2 Å².